The minimum absolute atomic E-state index is 0.151. The maximum atomic E-state index is 12.7. The van der Waals surface area contributed by atoms with Crippen LogP contribution >= 0.6 is 0 Å². The predicted octanol–water partition coefficient (Wildman–Crippen LogP) is 1.65. The highest BCUT2D eigenvalue weighted by molar-refractivity contribution is 5.78. The first-order valence-corrected chi connectivity index (χ1v) is 9.53. The van der Waals surface area contributed by atoms with Gasteiger partial charge < -0.3 is 23.9 Å². The second kappa shape index (κ2) is 10.8. The number of carboxylic acid groups (broad SMARTS) is 1. The number of carbonyl (C=O) groups excluding carboxylic acids is 1. The first kappa shape index (κ1) is 24.2. The molecular formula is C19H27F3N2O6. The molecule has 1 aromatic heterocycles. The van der Waals surface area contributed by atoms with Crippen molar-refractivity contribution in [3.05, 3.63) is 24.2 Å². The number of halogens is 3. The highest BCUT2D eigenvalue weighted by Gasteiger charge is 2.45. The van der Waals surface area contributed by atoms with Crippen molar-refractivity contribution in [2.45, 2.75) is 31.2 Å². The molecule has 3 rings (SSSR count). The van der Waals surface area contributed by atoms with E-state index in [2.05, 4.69) is 4.90 Å². The summed E-state index contributed by atoms with van der Waals surface area (Å²) in [5, 5.41) is 7.12. The number of carbonyl (C=O) groups is 2. The van der Waals surface area contributed by atoms with Gasteiger partial charge in [0.1, 0.15) is 5.76 Å². The summed E-state index contributed by atoms with van der Waals surface area (Å²) in [5.74, 6) is -1.49. The largest absolute Gasteiger partial charge is 0.490 e. The molecule has 0 radical (unpaired) electrons. The van der Waals surface area contributed by atoms with Gasteiger partial charge in [-0.25, -0.2) is 4.79 Å². The minimum atomic E-state index is -5.08. The Kier molecular flexibility index (Phi) is 8.68. The highest BCUT2D eigenvalue weighted by atomic mass is 19.4. The summed E-state index contributed by atoms with van der Waals surface area (Å²) in [6.45, 7) is 4.25. The molecule has 11 heteroatoms. The van der Waals surface area contributed by atoms with Crippen LogP contribution in [0.2, 0.25) is 0 Å². The van der Waals surface area contributed by atoms with Crippen LogP contribution < -0.4 is 0 Å². The number of fused-ring (bicyclic) bond motifs is 1. The van der Waals surface area contributed by atoms with Gasteiger partial charge in [-0.2, -0.15) is 13.2 Å². The lowest BCUT2D eigenvalue weighted by molar-refractivity contribution is -0.192. The van der Waals surface area contributed by atoms with Crippen LogP contribution in [0.4, 0.5) is 13.2 Å². The maximum absolute atomic E-state index is 12.7. The van der Waals surface area contributed by atoms with E-state index in [1.165, 1.54) is 0 Å². The quantitative estimate of drug-likeness (QED) is 0.725. The molecule has 8 nitrogen and oxygen atoms in total. The number of likely N-dealkylation sites (tertiary alicyclic amines) is 2. The topological polar surface area (TPSA) is 92.5 Å². The summed E-state index contributed by atoms with van der Waals surface area (Å²) in [7, 11) is 3.50. The fraction of sp³-hybridized carbons (Fsp3) is 0.684. The second-order valence-corrected chi connectivity index (χ2v) is 7.19. The van der Waals surface area contributed by atoms with Gasteiger partial charge in [-0.1, -0.05) is 0 Å². The van der Waals surface area contributed by atoms with E-state index in [4.69, 9.17) is 23.8 Å². The average Bonchev–Trinajstić information content (AvgIpc) is 3.34. The van der Waals surface area contributed by atoms with E-state index in [-0.39, 0.29) is 18.1 Å². The SMILES string of the molecule is COCCN1C[C@@H]2[C@@H](OC)CCN(C(=O)Cc3ccco3)[C@@H]2C1.O=C(O)C(F)(F)F. The first-order valence-electron chi connectivity index (χ1n) is 9.53. The van der Waals surface area contributed by atoms with E-state index >= 15 is 0 Å². The van der Waals surface area contributed by atoms with Crippen LogP contribution in [-0.4, -0.2) is 92.1 Å². The molecule has 0 bridgehead atoms. The summed E-state index contributed by atoms with van der Waals surface area (Å²) in [6, 6.07) is 3.91. The molecule has 1 N–H and O–H groups in total. The van der Waals surface area contributed by atoms with Crippen molar-refractivity contribution in [3.63, 3.8) is 0 Å². The Morgan fingerprint density at radius 1 is 1.30 bits per heavy atom. The van der Waals surface area contributed by atoms with Crippen LogP contribution in [0.1, 0.15) is 12.2 Å². The number of piperidine rings is 1. The van der Waals surface area contributed by atoms with Crippen molar-refractivity contribution in [2.75, 3.05) is 47.0 Å². The lowest BCUT2D eigenvalue weighted by Crippen LogP contribution is -2.54. The van der Waals surface area contributed by atoms with E-state index in [1.54, 1.807) is 20.5 Å². The molecule has 30 heavy (non-hydrogen) atoms. The number of hydrogen-bond donors (Lipinski definition) is 1. The predicted molar refractivity (Wildman–Crippen MR) is 98.8 cm³/mol. The molecule has 0 spiro atoms. The molecule has 0 aromatic carbocycles. The Bertz CT molecular complexity index is 682. The number of amides is 1. The van der Waals surface area contributed by atoms with Gasteiger partial charge >= 0.3 is 12.1 Å². The Balaban J connectivity index is 0.000000396. The standard InChI is InChI=1S/C17H26N2O4.C2HF3O2/c1-21-9-7-18-11-14-15(12-18)19(6-5-16(14)22-2)17(20)10-13-4-3-8-23-13;3-2(4,5)1(6)7/h3-4,8,14-16H,5-7,9-12H2,1-2H3;(H,6,7)/t14-,15+,16-;/m0./s1. The van der Waals surface area contributed by atoms with E-state index in [0.29, 0.717) is 12.3 Å². The number of furan rings is 1. The number of rotatable bonds is 6. The van der Waals surface area contributed by atoms with Gasteiger partial charge in [0.05, 0.1) is 31.4 Å². The summed E-state index contributed by atoms with van der Waals surface area (Å²) >= 11 is 0. The zero-order valence-electron chi connectivity index (χ0n) is 16.9. The lowest BCUT2D eigenvalue weighted by atomic mass is 9.88. The van der Waals surface area contributed by atoms with Crippen LogP contribution in [0.3, 0.4) is 0 Å². The van der Waals surface area contributed by atoms with Crippen LogP contribution in [0.25, 0.3) is 0 Å². The van der Waals surface area contributed by atoms with E-state index < -0.39 is 12.1 Å². The lowest BCUT2D eigenvalue weighted by Gasteiger charge is -2.41. The minimum Gasteiger partial charge on any atom is -0.475 e. The number of nitrogens with zero attached hydrogens (tertiary/aromatic N) is 2. The molecule has 0 aliphatic carbocycles. The average molecular weight is 436 g/mol. The van der Waals surface area contributed by atoms with Gasteiger partial charge in [0, 0.05) is 46.3 Å². The van der Waals surface area contributed by atoms with Gasteiger partial charge in [-0.15, -0.1) is 0 Å². The van der Waals surface area contributed by atoms with Gasteiger partial charge in [0.25, 0.3) is 0 Å². The number of methoxy groups -OCH3 is 2. The molecule has 2 aliphatic heterocycles. The smallest absolute Gasteiger partial charge is 0.475 e. The molecule has 3 atom stereocenters. The number of ether oxygens (including phenoxy) is 2. The molecule has 3 heterocycles. The van der Waals surface area contributed by atoms with Crippen LogP contribution in [-0.2, 0) is 25.5 Å². The van der Waals surface area contributed by atoms with Crippen molar-refractivity contribution in [2.24, 2.45) is 5.92 Å². The van der Waals surface area contributed by atoms with Crippen molar-refractivity contribution in [1.29, 1.82) is 0 Å². The van der Waals surface area contributed by atoms with E-state index in [1.807, 2.05) is 17.0 Å². The summed E-state index contributed by atoms with van der Waals surface area (Å²) in [5.41, 5.74) is 0. The van der Waals surface area contributed by atoms with Crippen molar-refractivity contribution < 1.29 is 41.8 Å². The van der Waals surface area contributed by atoms with Gasteiger partial charge in [-0.3, -0.25) is 9.69 Å². The second-order valence-electron chi connectivity index (χ2n) is 7.19. The van der Waals surface area contributed by atoms with Gasteiger partial charge in [-0.05, 0) is 18.6 Å². The van der Waals surface area contributed by atoms with Crippen LogP contribution in [0.5, 0.6) is 0 Å². The molecule has 170 valence electrons. The molecule has 2 aliphatic rings. The first-order chi connectivity index (χ1) is 14.2. The summed E-state index contributed by atoms with van der Waals surface area (Å²) in [6.07, 6.45) is -1.99. The Morgan fingerprint density at radius 3 is 2.53 bits per heavy atom. The molecule has 2 fully saturated rings. The van der Waals surface area contributed by atoms with Gasteiger partial charge in [0.15, 0.2) is 0 Å². The zero-order valence-corrected chi connectivity index (χ0v) is 16.9. The monoisotopic (exact) mass is 436 g/mol. The molecule has 0 unspecified atom stereocenters. The Labute approximate surface area is 172 Å². The maximum Gasteiger partial charge on any atom is 0.490 e. The van der Waals surface area contributed by atoms with E-state index in [9.17, 15) is 18.0 Å². The van der Waals surface area contributed by atoms with E-state index in [0.717, 1.165) is 45.0 Å². The number of aliphatic carboxylic acids is 1. The fourth-order valence-electron chi connectivity index (χ4n) is 3.90. The number of alkyl halides is 3. The molecular weight excluding hydrogens is 409 g/mol. The third-order valence-corrected chi connectivity index (χ3v) is 5.32. The van der Waals surface area contributed by atoms with Crippen molar-refractivity contribution in [1.82, 2.24) is 9.80 Å². The third kappa shape index (κ3) is 6.44. The Morgan fingerprint density at radius 2 is 2.00 bits per heavy atom. The molecule has 1 amide bonds. The molecule has 0 saturated carbocycles. The molecule has 2 saturated heterocycles. The summed E-state index contributed by atoms with van der Waals surface area (Å²) < 4.78 is 47.9. The Hall–Kier alpha value is -2.11. The highest BCUT2D eigenvalue weighted by Crippen LogP contribution is 2.32. The fourth-order valence-corrected chi connectivity index (χ4v) is 3.90. The van der Waals surface area contributed by atoms with Crippen LogP contribution in [0.15, 0.2) is 22.8 Å². The number of hydrogen-bond acceptors (Lipinski definition) is 6. The number of carboxylic acids is 1. The third-order valence-electron chi connectivity index (χ3n) is 5.32. The van der Waals surface area contributed by atoms with Crippen LogP contribution in [0, 0.1) is 5.92 Å². The van der Waals surface area contributed by atoms with Crippen molar-refractivity contribution >= 4 is 11.9 Å². The van der Waals surface area contributed by atoms with Gasteiger partial charge in [0.2, 0.25) is 5.91 Å². The summed E-state index contributed by atoms with van der Waals surface area (Å²) in [4.78, 5) is 26.0. The molecule has 1 aromatic rings. The van der Waals surface area contributed by atoms with Crippen molar-refractivity contribution in [3.8, 4) is 0 Å². The normalized spacial score (nSPS) is 24.2. The zero-order chi connectivity index (χ0) is 22.3.